The van der Waals surface area contributed by atoms with Crippen LogP contribution in [0.15, 0.2) is 18.2 Å². The van der Waals surface area contributed by atoms with E-state index < -0.39 is 16.2 Å². The molecule has 0 aliphatic heterocycles. The number of nitrogens with two attached hydrogens (primary N) is 1. The molecule has 0 heterocycles. The van der Waals surface area contributed by atoms with Crippen LogP contribution in [0.5, 0.6) is 5.75 Å². The molecule has 0 saturated heterocycles. The minimum Gasteiger partial charge on any atom is -0.490 e. The molecule has 0 aliphatic rings. The summed E-state index contributed by atoms with van der Waals surface area (Å²) in [5.41, 5.74) is 6.84. The quantitative estimate of drug-likeness (QED) is 0.796. The van der Waals surface area contributed by atoms with Crippen molar-refractivity contribution < 1.29 is 17.5 Å². The Bertz CT molecular complexity index is 597. The van der Waals surface area contributed by atoms with E-state index in [2.05, 4.69) is 4.72 Å². The van der Waals surface area contributed by atoms with Gasteiger partial charge in [0.25, 0.3) is 0 Å². The Morgan fingerprint density at radius 2 is 1.95 bits per heavy atom. The van der Waals surface area contributed by atoms with Crippen LogP contribution in [-0.2, 0) is 22.0 Å². The van der Waals surface area contributed by atoms with Gasteiger partial charge in [-0.2, -0.15) is 0 Å². The summed E-state index contributed by atoms with van der Waals surface area (Å²) in [6.07, 6.45) is -0.122. The Hall–Kier alpha value is -1.18. The average molecular weight is 332 g/mol. The van der Waals surface area contributed by atoms with Crippen LogP contribution < -0.4 is 15.2 Å². The predicted molar refractivity (Wildman–Crippen MR) is 86.3 cm³/mol. The standard InChI is InChI=1S/C15H25FN2O3S/c1-15(2,3)12-5-11(9-18-22(4,19)20)6-14(7-12)21-10-13(16)8-17/h5-7,13,18H,8-10,17H2,1-4H3/t13-/m1/s1. The van der Waals surface area contributed by atoms with Crippen molar-refractivity contribution >= 4 is 10.0 Å². The first-order valence-corrected chi connectivity index (χ1v) is 8.96. The molecule has 0 radical (unpaired) electrons. The van der Waals surface area contributed by atoms with Gasteiger partial charge in [0, 0.05) is 13.1 Å². The maximum absolute atomic E-state index is 13.2. The van der Waals surface area contributed by atoms with Crippen LogP contribution in [0, 0.1) is 0 Å². The summed E-state index contributed by atoms with van der Waals surface area (Å²) in [5, 5.41) is 0. The normalized spacial score (nSPS) is 13.9. The van der Waals surface area contributed by atoms with Crippen LogP contribution in [0.2, 0.25) is 0 Å². The van der Waals surface area contributed by atoms with E-state index >= 15 is 0 Å². The second-order valence-corrected chi connectivity index (χ2v) is 8.19. The molecule has 0 amide bonds. The largest absolute Gasteiger partial charge is 0.490 e. The minimum atomic E-state index is -3.28. The third kappa shape index (κ3) is 6.72. The summed E-state index contributed by atoms with van der Waals surface area (Å²) in [7, 11) is -3.28. The first-order chi connectivity index (χ1) is 10.0. The SMILES string of the molecule is CC(C)(C)c1cc(CNS(C)(=O)=O)cc(OC[C@H](F)CN)c1. The van der Waals surface area contributed by atoms with E-state index in [4.69, 9.17) is 10.5 Å². The van der Waals surface area contributed by atoms with Crippen LogP contribution in [0.1, 0.15) is 31.9 Å². The van der Waals surface area contributed by atoms with E-state index in [0.717, 1.165) is 17.4 Å². The molecule has 3 N–H and O–H groups in total. The zero-order valence-electron chi connectivity index (χ0n) is 13.5. The number of sulfonamides is 1. The van der Waals surface area contributed by atoms with Crippen molar-refractivity contribution in [1.29, 1.82) is 0 Å². The number of rotatable bonds is 7. The van der Waals surface area contributed by atoms with E-state index in [1.807, 2.05) is 32.9 Å². The van der Waals surface area contributed by atoms with Crippen molar-refractivity contribution in [1.82, 2.24) is 4.72 Å². The van der Waals surface area contributed by atoms with Gasteiger partial charge in [0.05, 0.1) is 6.26 Å². The zero-order valence-corrected chi connectivity index (χ0v) is 14.3. The molecule has 0 spiro atoms. The number of alkyl halides is 1. The average Bonchev–Trinajstić information content (AvgIpc) is 2.40. The maximum atomic E-state index is 13.2. The number of benzene rings is 1. The van der Waals surface area contributed by atoms with Crippen LogP contribution in [0.4, 0.5) is 4.39 Å². The van der Waals surface area contributed by atoms with Gasteiger partial charge in [0.15, 0.2) is 0 Å². The van der Waals surface area contributed by atoms with Crippen molar-refractivity contribution in [2.24, 2.45) is 5.73 Å². The van der Waals surface area contributed by atoms with E-state index in [0.29, 0.717) is 5.75 Å². The lowest BCUT2D eigenvalue weighted by Gasteiger charge is -2.21. The van der Waals surface area contributed by atoms with E-state index in [9.17, 15) is 12.8 Å². The Balaban J connectivity index is 3.00. The Morgan fingerprint density at radius 1 is 1.32 bits per heavy atom. The first-order valence-electron chi connectivity index (χ1n) is 7.07. The summed E-state index contributed by atoms with van der Waals surface area (Å²) < 4.78 is 43.5. The second-order valence-electron chi connectivity index (χ2n) is 6.35. The predicted octanol–water partition coefficient (Wildman–Crippen LogP) is 1.71. The van der Waals surface area contributed by atoms with Gasteiger partial charge in [-0.05, 0) is 28.7 Å². The van der Waals surface area contributed by atoms with Crippen molar-refractivity contribution in [3.05, 3.63) is 29.3 Å². The van der Waals surface area contributed by atoms with Gasteiger partial charge in [-0.25, -0.2) is 17.5 Å². The molecule has 1 atom stereocenters. The molecular weight excluding hydrogens is 307 g/mol. The van der Waals surface area contributed by atoms with E-state index in [1.165, 1.54) is 0 Å². The fraction of sp³-hybridized carbons (Fsp3) is 0.600. The van der Waals surface area contributed by atoms with Gasteiger partial charge in [-0.1, -0.05) is 26.8 Å². The lowest BCUT2D eigenvalue weighted by atomic mass is 9.86. The molecule has 0 bridgehead atoms. The lowest BCUT2D eigenvalue weighted by molar-refractivity contribution is 0.200. The zero-order chi connectivity index (χ0) is 17.0. The molecule has 0 unspecified atom stereocenters. The van der Waals surface area contributed by atoms with Crippen LogP contribution in [0.3, 0.4) is 0 Å². The van der Waals surface area contributed by atoms with Crippen molar-refractivity contribution in [2.75, 3.05) is 19.4 Å². The third-order valence-corrected chi connectivity index (χ3v) is 3.73. The van der Waals surface area contributed by atoms with Gasteiger partial charge in [-0.15, -0.1) is 0 Å². The molecule has 7 heteroatoms. The van der Waals surface area contributed by atoms with Gasteiger partial charge in [0.2, 0.25) is 10.0 Å². The summed E-state index contributed by atoms with van der Waals surface area (Å²) >= 11 is 0. The second kappa shape index (κ2) is 7.39. The molecule has 0 aromatic heterocycles. The molecule has 1 aromatic carbocycles. The molecule has 5 nitrogen and oxygen atoms in total. The van der Waals surface area contributed by atoms with Crippen LogP contribution >= 0.6 is 0 Å². The van der Waals surface area contributed by atoms with Crippen molar-refractivity contribution in [2.45, 2.75) is 38.9 Å². The third-order valence-electron chi connectivity index (χ3n) is 3.06. The molecule has 0 aliphatic carbocycles. The minimum absolute atomic E-state index is 0.0958. The highest BCUT2D eigenvalue weighted by atomic mass is 32.2. The topological polar surface area (TPSA) is 81.4 Å². The maximum Gasteiger partial charge on any atom is 0.209 e. The molecule has 126 valence electrons. The van der Waals surface area contributed by atoms with Gasteiger partial charge in [0.1, 0.15) is 18.5 Å². The van der Waals surface area contributed by atoms with Crippen LogP contribution in [0.25, 0.3) is 0 Å². The molecule has 22 heavy (non-hydrogen) atoms. The molecule has 1 aromatic rings. The van der Waals surface area contributed by atoms with Gasteiger partial charge in [-0.3, -0.25) is 0 Å². The van der Waals surface area contributed by atoms with E-state index in [1.54, 1.807) is 6.07 Å². The highest BCUT2D eigenvalue weighted by Crippen LogP contribution is 2.28. The summed E-state index contributed by atoms with van der Waals surface area (Å²) in [5.74, 6) is 0.508. The monoisotopic (exact) mass is 332 g/mol. The van der Waals surface area contributed by atoms with Crippen molar-refractivity contribution in [3.63, 3.8) is 0 Å². The Kier molecular flexibility index (Phi) is 6.34. The molecule has 1 rings (SSSR count). The fourth-order valence-electron chi connectivity index (χ4n) is 1.75. The number of nitrogens with one attached hydrogen (secondary N) is 1. The molecular formula is C15H25FN2O3S. The Morgan fingerprint density at radius 3 is 2.45 bits per heavy atom. The number of hydrogen-bond acceptors (Lipinski definition) is 4. The number of halogens is 1. The van der Waals surface area contributed by atoms with Crippen molar-refractivity contribution in [3.8, 4) is 5.75 Å². The summed E-state index contributed by atoms with van der Waals surface area (Å²) in [6.45, 7) is 6.06. The number of ether oxygens (including phenoxy) is 1. The Labute approximate surface area is 132 Å². The number of hydrogen-bond donors (Lipinski definition) is 2. The molecule has 0 fully saturated rings. The highest BCUT2D eigenvalue weighted by molar-refractivity contribution is 7.88. The fourth-order valence-corrected chi connectivity index (χ4v) is 2.18. The highest BCUT2D eigenvalue weighted by Gasteiger charge is 2.17. The molecule has 0 saturated carbocycles. The summed E-state index contributed by atoms with van der Waals surface area (Å²) in [4.78, 5) is 0. The van der Waals surface area contributed by atoms with Gasteiger partial charge >= 0.3 is 0 Å². The van der Waals surface area contributed by atoms with Crippen LogP contribution in [-0.4, -0.2) is 34.0 Å². The summed E-state index contributed by atoms with van der Waals surface area (Å²) in [6, 6.07) is 5.46. The lowest BCUT2D eigenvalue weighted by Crippen LogP contribution is -2.23. The van der Waals surface area contributed by atoms with E-state index in [-0.39, 0.29) is 25.1 Å². The van der Waals surface area contributed by atoms with Gasteiger partial charge < -0.3 is 10.5 Å². The smallest absolute Gasteiger partial charge is 0.209 e. The first kappa shape index (κ1) is 18.9.